The van der Waals surface area contributed by atoms with Gasteiger partial charge in [0.2, 0.25) is 5.91 Å². The maximum Gasteiger partial charge on any atom is 0.417 e. The highest BCUT2D eigenvalue weighted by Crippen LogP contribution is 2.37. The van der Waals surface area contributed by atoms with E-state index in [9.17, 15) is 27.2 Å². The molecule has 0 saturated carbocycles. The van der Waals surface area contributed by atoms with E-state index in [1.165, 1.54) is 36.7 Å². The Hall–Kier alpha value is -5.13. The number of carbonyl (C=O) groups is 2. The van der Waals surface area contributed by atoms with Gasteiger partial charge in [-0.1, -0.05) is 18.2 Å². The van der Waals surface area contributed by atoms with Gasteiger partial charge in [0.15, 0.2) is 5.82 Å². The van der Waals surface area contributed by atoms with Crippen LogP contribution in [-0.4, -0.2) is 27.6 Å². The minimum atomic E-state index is -4.94. The lowest BCUT2D eigenvalue weighted by atomic mass is 10.0. The minimum Gasteiger partial charge on any atom is -0.398 e. The maximum absolute atomic E-state index is 14.9. The van der Waals surface area contributed by atoms with Gasteiger partial charge < -0.3 is 16.8 Å². The van der Waals surface area contributed by atoms with Gasteiger partial charge in [-0.2, -0.15) is 13.2 Å². The van der Waals surface area contributed by atoms with Gasteiger partial charge in [-0.15, -0.1) is 0 Å². The van der Waals surface area contributed by atoms with Crippen molar-refractivity contribution in [3.63, 3.8) is 0 Å². The number of hydrogen-bond acceptors (Lipinski definition) is 6. The lowest BCUT2D eigenvalue weighted by molar-refractivity contribution is -0.137. The summed E-state index contributed by atoms with van der Waals surface area (Å²) in [5.74, 6) is -3.77. The van der Waals surface area contributed by atoms with Crippen LogP contribution in [0.3, 0.4) is 0 Å². The fourth-order valence-electron chi connectivity index (χ4n) is 3.50. The highest BCUT2D eigenvalue weighted by Gasteiger charge is 2.36. The van der Waals surface area contributed by atoms with Gasteiger partial charge in [-0.05, 0) is 48.5 Å². The first-order valence-electron chi connectivity index (χ1n) is 10.9. The summed E-state index contributed by atoms with van der Waals surface area (Å²) < 4.78 is 55.9. The van der Waals surface area contributed by atoms with Crippen molar-refractivity contribution in [3.8, 4) is 11.4 Å². The molecule has 0 aliphatic carbocycles. The van der Waals surface area contributed by atoms with Gasteiger partial charge in [0, 0.05) is 34.8 Å². The van der Waals surface area contributed by atoms with E-state index < -0.39 is 40.5 Å². The number of amides is 2. The first-order valence-corrected chi connectivity index (χ1v) is 10.9. The van der Waals surface area contributed by atoms with E-state index >= 15 is 0 Å². The zero-order valence-electron chi connectivity index (χ0n) is 19.3. The number of nitrogens with two attached hydrogens (primary N) is 2. The largest absolute Gasteiger partial charge is 0.417 e. The fourth-order valence-corrected chi connectivity index (χ4v) is 3.50. The minimum absolute atomic E-state index is 0.0162. The summed E-state index contributed by atoms with van der Waals surface area (Å²) in [7, 11) is 0. The molecule has 1 aromatic heterocycles. The predicted octanol–water partition coefficient (Wildman–Crippen LogP) is 4.49. The van der Waals surface area contributed by atoms with E-state index in [1.807, 2.05) is 0 Å². The number of alkyl halides is 3. The van der Waals surface area contributed by atoms with Crippen LogP contribution in [0.15, 0.2) is 84.1 Å². The second-order valence-electron chi connectivity index (χ2n) is 7.86. The summed E-state index contributed by atoms with van der Waals surface area (Å²) in [5.41, 5.74) is 9.36. The van der Waals surface area contributed by atoms with Gasteiger partial charge in [0.25, 0.3) is 5.91 Å². The fraction of sp³-hybridized carbons (Fsp3) is 0.0385. The average Bonchev–Trinajstić information content (AvgIpc) is 2.88. The van der Waals surface area contributed by atoms with Crippen LogP contribution in [0.1, 0.15) is 31.8 Å². The molecule has 3 aromatic carbocycles. The number of hydrogen-bond donors (Lipinski definition) is 3. The third-order valence-electron chi connectivity index (χ3n) is 5.28. The van der Waals surface area contributed by atoms with Crippen molar-refractivity contribution >= 4 is 29.0 Å². The number of primary amides is 1. The Kier molecular flexibility index (Phi) is 7.15. The topological polar surface area (TPSA) is 136 Å². The molecule has 5 N–H and O–H groups in total. The monoisotopic (exact) mass is 522 g/mol. The average molecular weight is 522 g/mol. The number of nitrogens with zero attached hydrogens (tertiary/aromatic N) is 3. The number of benzene rings is 3. The molecule has 0 saturated heterocycles. The number of aliphatic imine (C=N–C) groups is 1. The molecule has 0 unspecified atom stereocenters. The Labute approximate surface area is 213 Å². The predicted molar refractivity (Wildman–Crippen MR) is 132 cm³/mol. The number of carbonyl (C=O) groups excluding carboxylic acids is 2. The van der Waals surface area contributed by atoms with E-state index in [1.54, 1.807) is 30.3 Å². The first-order chi connectivity index (χ1) is 18.0. The van der Waals surface area contributed by atoms with Gasteiger partial charge in [-0.25, -0.2) is 19.4 Å². The molecule has 192 valence electrons. The summed E-state index contributed by atoms with van der Waals surface area (Å²) in [6, 6.07) is 14.7. The summed E-state index contributed by atoms with van der Waals surface area (Å²) in [6.07, 6.45) is -2.51. The molecule has 0 bridgehead atoms. The quantitative estimate of drug-likeness (QED) is 0.154. The molecule has 4 rings (SSSR count). The molecule has 8 nitrogen and oxygen atoms in total. The molecule has 4 aromatic rings. The highest BCUT2D eigenvalue weighted by molar-refractivity contribution is 6.16. The van der Waals surface area contributed by atoms with E-state index in [-0.39, 0.29) is 34.5 Å². The smallest absolute Gasteiger partial charge is 0.398 e. The van der Waals surface area contributed by atoms with Crippen LogP contribution in [-0.2, 0) is 6.18 Å². The third-order valence-corrected chi connectivity index (χ3v) is 5.28. The molecule has 2 amide bonds. The summed E-state index contributed by atoms with van der Waals surface area (Å²) >= 11 is 0. The first kappa shape index (κ1) is 25.9. The van der Waals surface area contributed by atoms with Crippen LogP contribution in [0.5, 0.6) is 0 Å². The highest BCUT2D eigenvalue weighted by atomic mass is 19.4. The molecule has 12 heteroatoms. The van der Waals surface area contributed by atoms with Crippen LogP contribution in [0.4, 0.5) is 28.9 Å². The van der Waals surface area contributed by atoms with Gasteiger partial charge in [0.1, 0.15) is 11.7 Å². The van der Waals surface area contributed by atoms with Crippen molar-refractivity contribution in [2.24, 2.45) is 10.7 Å². The third kappa shape index (κ3) is 5.64. The van der Waals surface area contributed by atoms with Crippen LogP contribution >= 0.6 is 0 Å². The second-order valence-corrected chi connectivity index (χ2v) is 7.86. The van der Waals surface area contributed by atoms with Crippen molar-refractivity contribution in [1.82, 2.24) is 15.3 Å². The summed E-state index contributed by atoms with van der Waals surface area (Å²) in [6.45, 7) is 0. The molecular formula is C26H18F4N6O2. The maximum atomic E-state index is 14.9. The van der Waals surface area contributed by atoms with E-state index in [0.29, 0.717) is 5.69 Å². The second kappa shape index (κ2) is 10.5. The van der Waals surface area contributed by atoms with Crippen molar-refractivity contribution in [2.75, 3.05) is 5.73 Å². The van der Waals surface area contributed by atoms with Crippen molar-refractivity contribution in [3.05, 3.63) is 107 Å². The zero-order valence-corrected chi connectivity index (χ0v) is 19.3. The van der Waals surface area contributed by atoms with Crippen molar-refractivity contribution in [1.29, 1.82) is 0 Å². The number of nitrogen functional groups attached to an aromatic ring is 1. The summed E-state index contributed by atoms with van der Waals surface area (Å²) in [5, 5.41) is 2.42. The number of anilines is 1. The molecule has 0 aliphatic rings. The number of nitrogens with one attached hydrogen (secondary N) is 1. The molecule has 0 fully saturated rings. The van der Waals surface area contributed by atoms with Crippen LogP contribution in [0, 0.1) is 5.82 Å². The zero-order chi connectivity index (χ0) is 27.4. The molecular weight excluding hydrogens is 504 g/mol. The Morgan fingerprint density at radius 1 is 0.895 bits per heavy atom. The normalized spacial score (nSPS) is 11.7. The van der Waals surface area contributed by atoms with Crippen LogP contribution in [0.25, 0.3) is 11.4 Å². The molecule has 38 heavy (non-hydrogen) atoms. The standard InChI is InChI=1S/C26H18F4N6O2/c27-20-13-19(26(28,29)30)17(23-33-9-4-10-34-23)12-18(20)25(38)36-24(35-15-5-2-1-3-6-15)16-8-7-14(22(32)37)11-21(16)31/h1-13H,31H2,(H2,32,37)(H,35,36,38). The molecule has 0 spiro atoms. The van der Waals surface area contributed by atoms with E-state index in [4.69, 9.17) is 11.5 Å². The number of para-hydroxylation sites is 1. The van der Waals surface area contributed by atoms with Gasteiger partial charge in [-0.3, -0.25) is 9.59 Å². The SMILES string of the molecule is NC(=O)c1ccc(C(=Nc2ccccc2)NC(=O)c2cc(-c3ncccn3)c(C(F)(F)F)cc2F)c(N)c1. The number of amidine groups is 1. The molecule has 0 radical (unpaired) electrons. The van der Waals surface area contributed by atoms with E-state index in [0.717, 1.165) is 6.07 Å². The van der Waals surface area contributed by atoms with Gasteiger partial charge in [0.05, 0.1) is 16.8 Å². The molecule has 0 atom stereocenters. The Balaban J connectivity index is 1.81. The lowest BCUT2D eigenvalue weighted by Gasteiger charge is -2.16. The number of aromatic nitrogens is 2. The number of halogens is 4. The van der Waals surface area contributed by atoms with Crippen molar-refractivity contribution < 1.29 is 27.2 Å². The van der Waals surface area contributed by atoms with Crippen LogP contribution in [0.2, 0.25) is 0 Å². The Bertz CT molecular complexity index is 1540. The Morgan fingerprint density at radius 3 is 2.18 bits per heavy atom. The lowest BCUT2D eigenvalue weighted by Crippen LogP contribution is -2.32. The van der Waals surface area contributed by atoms with Crippen LogP contribution < -0.4 is 16.8 Å². The Morgan fingerprint density at radius 2 is 1.58 bits per heavy atom. The molecule has 0 aliphatic heterocycles. The van der Waals surface area contributed by atoms with Crippen molar-refractivity contribution in [2.45, 2.75) is 6.18 Å². The molecule has 1 heterocycles. The number of rotatable bonds is 5. The van der Waals surface area contributed by atoms with E-state index in [2.05, 4.69) is 20.3 Å². The van der Waals surface area contributed by atoms with Gasteiger partial charge >= 0.3 is 6.18 Å². The summed E-state index contributed by atoms with van der Waals surface area (Å²) in [4.78, 5) is 36.7.